The molecule has 8 nitrogen and oxygen atoms in total. The molecule has 0 spiro atoms. The van der Waals surface area contributed by atoms with Gasteiger partial charge in [0.25, 0.3) is 0 Å². The standard InChI is InChI=1S/C20H20ClNO7/c1-10-15(18(24)27-3)17(16(11(2)22-10)19(25)28-4)20(26)29-9-14(23)12-5-7-13(21)8-6-12/h5-8,17,22H,9H2,1-4H3. The largest absolute Gasteiger partial charge is 0.466 e. The number of carbonyl (C=O) groups is 4. The highest BCUT2D eigenvalue weighted by Crippen LogP contribution is 2.32. The number of hydrogen-bond donors (Lipinski definition) is 1. The summed E-state index contributed by atoms with van der Waals surface area (Å²) in [5.41, 5.74) is 0.762. The van der Waals surface area contributed by atoms with Crippen molar-refractivity contribution in [2.45, 2.75) is 13.8 Å². The molecule has 29 heavy (non-hydrogen) atoms. The molecule has 2 rings (SSSR count). The van der Waals surface area contributed by atoms with Gasteiger partial charge in [0, 0.05) is 22.0 Å². The third kappa shape index (κ3) is 4.83. The third-order valence-electron chi connectivity index (χ3n) is 4.32. The first-order valence-electron chi connectivity index (χ1n) is 8.51. The van der Waals surface area contributed by atoms with Crippen molar-refractivity contribution in [1.29, 1.82) is 0 Å². The van der Waals surface area contributed by atoms with Crippen molar-refractivity contribution in [2.75, 3.05) is 20.8 Å². The Morgan fingerprint density at radius 1 is 0.931 bits per heavy atom. The van der Waals surface area contributed by atoms with Gasteiger partial charge < -0.3 is 19.5 Å². The smallest absolute Gasteiger partial charge is 0.336 e. The lowest BCUT2D eigenvalue weighted by atomic mass is 9.85. The number of methoxy groups -OCH3 is 2. The molecule has 0 radical (unpaired) electrons. The van der Waals surface area contributed by atoms with Crippen LogP contribution in [0.3, 0.4) is 0 Å². The Morgan fingerprint density at radius 3 is 1.86 bits per heavy atom. The molecule has 1 heterocycles. The summed E-state index contributed by atoms with van der Waals surface area (Å²) in [5, 5.41) is 3.32. The number of rotatable bonds is 6. The van der Waals surface area contributed by atoms with Crippen molar-refractivity contribution >= 4 is 35.3 Å². The zero-order chi connectivity index (χ0) is 21.7. The zero-order valence-electron chi connectivity index (χ0n) is 16.3. The molecule has 0 aromatic heterocycles. The number of Topliss-reactive ketones (excluding diaryl/α,β-unsaturated/α-hetero) is 1. The summed E-state index contributed by atoms with van der Waals surface area (Å²) < 4.78 is 14.6. The Bertz CT molecular complexity index is 877. The van der Waals surface area contributed by atoms with Gasteiger partial charge in [0.1, 0.15) is 5.92 Å². The Balaban J connectivity index is 2.31. The summed E-state index contributed by atoms with van der Waals surface area (Å²) in [6, 6.07) is 6.06. The highest BCUT2D eigenvalue weighted by Gasteiger charge is 2.42. The van der Waals surface area contributed by atoms with Gasteiger partial charge in [-0.05, 0) is 38.1 Å². The van der Waals surface area contributed by atoms with Crippen LogP contribution in [0.4, 0.5) is 0 Å². The first-order chi connectivity index (χ1) is 13.7. The van der Waals surface area contributed by atoms with Crippen molar-refractivity contribution in [3.05, 3.63) is 57.4 Å². The van der Waals surface area contributed by atoms with E-state index in [9.17, 15) is 19.2 Å². The van der Waals surface area contributed by atoms with Gasteiger partial charge in [-0.1, -0.05) is 11.6 Å². The number of benzene rings is 1. The molecule has 9 heteroatoms. The number of carbonyl (C=O) groups excluding carboxylic acids is 4. The summed E-state index contributed by atoms with van der Waals surface area (Å²) in [5.74, 6) is -4.43. The Kier molecular flexibility index (Phi) is 7.17. The molecule has 1 aromatic rings. The molecule has 0 saturated heterocycles. The van der Waals surface area contributed by atoms with Crippen LogP contribution in [0.1, 0.15) is 24.2 Å². The van der Waals surface area contributed by atoms with Crippen LogP contribution in [0.2, 0.25) is 5.02 Å². The van der Waals surface area contributed by atoms with Gasteiger partial charge in [-0.25, -0.2) is 9.59 Å². The molecule has 0 fully saturated rings. The lowest BCUT2D eigenvalue weighted by Gasteiger charge is -2.28. The van der Waals surface area contributed by atoms with E-state index in [1.807, 2.05) is 0 Å². The average molecular weight is 422 g/mol. The summed E-state index contributed by atoms with van der Waals surface area (Å²) in [7, 11) is 2.30. The quantitative estimate of drug-likeness (QED) is 0.423. The van der Waals surface area contributed by atoms with E-state index in [4.69, 9.17) is 25.8 Å². The van der Waals surface area contributed by atoms with Crippen LogP contribution in [-0.4, -0.2) is 44.5 Å². The van der Waals surface area contributed by atoms with Crippen molar-refractivity contribution in [3.8, 4) is 0 Å². The molecule has 1 aliphatic rings. The lowest BCUT2D eigenvalue weighted by Crippen LogP contribution is -2.38. The summed E-state index contributed by atoms with van der Waals surface area (Å²) >= 11 is 5.79. The molecule has 0 aliphatic carbocycles. The van der Waals surface area contributed by atoms with Gasteiger partial charge in [-0.15, -0.1) is 0 Å². The molecule has 0 bridgehead atoms. The predicted molar refractivity (Wildman–Crippen MR) is 103 cm³/mol. The van der Waals surface area contributed by atoms with Crippen molar-refractivity contribution in [3.63, 3.8) is 0 Å². The fraction of sp³-hybridized carbons (Fsp3) is 0.300. The Labute approximate surface area is 172 Å². The topological polar surface area (TPSA) is 108 Å². The van der Waals surface area contributed by atoms with Gasteiger partial charge in [0.2, 0.25) is 0 Å². The van der Waals surface area contributed by atoms with Gasteiger partial charge >= 0.3 is 17.9 Å². The minimum absolute atomic E-state index is 0.0950. The molecule has 0 saturated carbocycles. The van der Waals surface area contributed by atoms with Gasteiger partial charge in [0.15, 0.2) is 12.4 Å². The Morgan fingerprint density at radius 2 is 1.41 bits per heavy atom. The number of halogens is 1. The van der Waals surface area contributed by atoms with Crippen molar-refractivity contribution in [2.24, 2.45) is 5.92 Å². The number of esters is 3. The summed E-state index contributed by atoms with van der Waals surface area (Å²) in [6.45, 7) is 2.54. The summed E-state index contributed by atoms with van der Waals surface area (Å²) in [4.78, 5) is 49.6. The third-order valence-corrected chi connectivity index (χ3v) is 4.57. The second kappa shape index (κ2) is 9.38. The van der Waals surface area contributed by atoms with E-state index in [2.05, 4.69) is 5.32 Å². The van der Waals surface area contributed by atoms with Crippen LogP contribution >= 0.6 is 11.6 Å². The van der Waals surface area contributed by atoms with E-state index in [0.29, 0.717) is 22.0 Å². The zero-order valence-corrected chi connectivity index (χ0v) is 17.1. The molecule has 154 valence electrons. The van der Waals surface area contributed by atoms with E-state index < -0.39 is 36.2 Å². The number of ketones is 1. The summed E-state index contributed by atoms with van der Waals surface area (Å²) in [6.07, 6.45) is 0. The number of dihydropyridines is 1. The van der Waals surface area contributed by atoms with Crippen LogP contribution in [0, 0.1) is 5.92 Å². The van der Waals surface area contributed by atoms with Crippen LogP contribution in [0.5, 0.6) is 0 Å². The average Bonchev–Trinajstić information content (AvgIpc) is 2.70. The fourth-order valence-corrected chi connectivity index (χ4v) is 3.06. The second-order valence-electron chi connectivity index (χ2n) is 6.16. The molecule has 1 aromatic carbocycles. The van der Waals surface area contributed by atoms with Crippen LogP contribution in [-0.2, 0) is 28.6 Å². The van der Waals surface area contributed by atoms with Crippen molar-refractivity contribution in [1.82, 2.24) is 5.32 Å². The minimum atomic E-state index is -1.39. The number of hydrogen-bond acceptors (Lipinski definition) is 8. The van der Waals surface area contributed by atoms with Gasteiger partial charge in [0.05, 0.1) is 25.4 Å². The monoisotopic (exact) mass is 421 g/mol. The molecule has 0 atom stereocenters. The second-order valence-corrected chi connectivity index (χ2v) is 6.59. The highest BCUT2D eigenvalue weighted by atomic mass is 35.5. The predicted octanol–water partition coefficient (Wildman–Crippen LogP) is 2.18. The van der Waals surface area contributed by atoms with Gasteiger partial charge in [-0.2, -0.15) is 0 Å². The maximum atomic E-state index is 12.8. The number of ether oxygens (including phenoxy) is 3. The molecule has 0 amide bonds. The lowest BCUT2D eigenvalue weighted by molar-refractivity contribution is -0.150. The normalized spacial score (nSPS) is 14.2. The minimum Gasteiger partial charge on any atom is -0.466 e. The highest BCUT2D eigenvalue weighted by molar-refractivity contribution is 6.30. The first-order valence-corrected chi connectivity index (χ1v) is 8.89. The van der Waals surface area contributed by atoms with E-state index in [1.54, 1.807) is 13.8 Å². The maximum Gasteiger partial charge on any atom is 0.336 e. The fourth-order valence-electron chi connectivity index (χ4n) is 2.93. The van der Waals surface area contributed by atoms with E-state index in [-0.39, 0.29) is 11.1 Å². The maximum absolute atomic E-state index is 12.8. The number of nitrogens with one attached hydrogen (secondary N) is 1. The Hall–Kier alpha value is -3.13. The molecule has 1 aliphatic heterocycles. The number of allylic oxidation sites excluding steroid dienone is 2. The van der Waals surface area contributed by atoms with Crippen LogP contribution in [0.25, 0.3) is 0 Å². The van der Waals surface area contributed by atoms with E-state index >= 15 is 0 Å². The SMILES string of the molecule is COC(=O)C1=C(C)NC(C)=C(C(=O)OC)C1C(=O)OCC(=O)c1ccc(Cl)cc1. The molecule has 0 unspecified atom stereocenters. The van der Waals surface area contributed by atoms with Crippen LogP contribution < -0.4 is 5.32 Å². The van der Waals surface area contributed by atoms with E-state index in [0.717, 1.165) is 14.2 Å². The van der Waals surface area contributed by atoms with Gasteiger partial charge in [-0.3, -0.25) is 9.59 Å². The molecular formula is C20H20ClNO7. The van der Waals surface area contributed by atoms with Crippen molar-refractivity contribution < 1.29 is 33.4 Å². The van der Waals surface area contributed by atoms with Crippen LogP contribution in [0.15, 0.2) is 46.8 Å². The van der Waals surface area contributed by atoms with E-state index in [1.165, 1.54) is 24.3 Å². The molecular weight excluding hydrogens is 402 g/mol. The molecule has 1 N–H and O–H groups in total. The first kappa shape index (κ1) is 22.2.